The van der Waals surface area contributed by atoms with Crippen molar-refractivity contribution in [2.45, 2.75) is 95.0 Å². The summed E-state index contributed by atoms with van der Waals surface area (Å²) in [5, 5.41) is 26.3. The number of carbonyl (C=O) groups excluding carboxylic acids is 5. The molecule has 2 aromatic carbocycles. The molecule has 64 heavy (non-hydrogen) atoms. The standard InChI is InChI=1S/C45H51BrFN2O14P/c1-42-15-14-31(50)19-29(42)11-12-33-34-20-37-45(36(53)24-61-64(58,59)60,43(34,2)21-35(52)44(33,42)47)63-41(62-37)27-8-6-25(7-9-27)16-26-4-3-5-30(17-26)49-40(57)28(10-13-39(55)56)18-32(51)23-48-38(54)22-46/h3-9,14-15,17,19,28,33-35,37,41,52H,10-13,16,18,20-24H2,1-2H3,(H,48,54)(H,49,57)(H,55,56)(H2,58,59,60)/t28-,33+,34+,35+,37-,41-,42+,43+,44+,45-/m1/s1. The fraction of sp³-hybridized carbons (Fsp3) is 0.511. The molecule has 7 rings (SSSR count). The van der Waals surface area contributed by atoms with E-state index in [4.69, 9.17) is 14.0 Å². The van der Waals surface area contributed by atoms with Crippen LogP contribution in [0.3, 0.4) is 0 Å². The van der Waals surface area contributed by atoms with Crippen molar-refractivity contribution < 1.29 is 71.7 Å². The van der Waals surface area contributed by atoms with E-state index >= 15 is 4.39 Å². The van der Waals surface area contributed by atoms with E-state index in [0.29, 0.717) is 29.7 Å². The molecule has 0 unspecified atom stereocenters. The zero-order valence-electron chi connectivity index (χ0n) is 35.2. The van der Waals surface area contributed by atoms with Crippen LogP contribution in [0, 0.1) is 28.6 Å². The van der Waals surface area contributed by atoms with Gasteiger partial charge in [0.2, 0.25) is 11.8 Å². The first-order valence-electron chi connectivity index (χ1n) is 21.1. The predicted molar refractivity (Wildman–Crippen MR) is 229 cm³/mol. The number of alkyl halides is 2. The second kappa shape index (κ2) is 18.2. The Hall–Kier alpha value is -4.26. The van der Waals surface area contributed by atoms with Crippen LogP contribution in [0.25, 0.3) is 0 Å². The number of aliphatic hydroxyl groups excluding tert-OH is 1. The number of ketones is 3. The Balaban J connectivity index is 1.07. The van der Waals surface area contributed by atoms with Gasteiger partial charge >= 0.3 is 13.8 Å². The lowest BCUT2D eigenvalue weighted by atomic mass is 9.44. The number of carboxylic acids is 1. The summed E-state index contributed by atoms with van der Waals surface area (Å²) in [4.78, 5) is 94.4. The molecule has 2 amide bonds. The molecule has 2 aromatic rings. The van der Waals surface area contributed by atoms with Crippen LogP contribution in [-0.4, -0.2) is 97.1 Å². The number of benzene rings is 2. The van der Waals surface area contributed by atoms with Gasteiger partial charge in [0.1, 0.15) is 6.61 Å². The molecule has 1 heterocycles. The number of aliphatic hydroxyl groups is 1. The third-order valence-electron chi connectivity index (χ3n) is 14.2. The molecule has 16 nitrogen and oxygen atoms in total. The van der Waals surface area contributed by atoms with Gasteiger partial charge < -0.3 is 40.1 Å². The van der Waals surface area contributed by atoms with Crippen molar-refractivity contribution in [3.05, 3.63) is 89.0 Å². The Morgan fingerprint density at radius 1 is 1.06 bits per heavy atom. The molecule has 0 aromatic heterocycles. The van der Waals surface area contributed by atoms with Gasteiger partial charge in [-0.1, -0.05) is 70.9 Å². The molecule has 0 bridgehead atoms. The van der Waals surface area contributed by atoms with Gasteiger partial charge in [0.15, 0.2) is 34.9 Å². The van der Waals surface area contributed by atoms with Crippen LogP contribution in [0.15, 0.2) is 72.3 Å². The van der Waals surface area contributed by atoms with Gasteiger partial charge in [-0.2, -0.15) is 0 Å². The number of hydrogen-bond acceptors (Lipinski definition) is 11. The summed E-state index contributed by atoms with van der Waals surface area (Å²) in [6, 6.07) is 14.1. The van der Waals surface area contributed by atoms with Gasteiger partial charge in [0.25, 0.3) is 0 Å². The number of anilines is 1. The summed E-state index contributed by atoms with van der Waals surface area (Å²) in [5.74, 6) is -5.87. The number of rotatable bonds is 17. The molecule has 344 valence electrons. The Morgan fingerprint density at radius 2 is 1.80 bits per heavy atom. The number of carbonyl (C=O) groups is 6. The van der Waals surface area contributed by atoms with Gasteiger partial charge in [-0.15, -0.1) is 0 Å². The van der Waals surface area contributed by atoms with Crippen LogP contribution in [0.5, 0.6) is 0 Å². The highest BCUT2D eigenvalue weighted by Crippen LogP contribution is 2.72. The first-order chi connectivity index (χ1) is 30.1. The number of fused-ring (bicyclic) bond motifs is 7. The normalized spacial score (nSPS) is 32.0. The molecule has 0 radical (unpaired) electrons. The summed E-state index contributed by atoms with van der Waals surface area (Å²) in [5.41, 5.74) is -3.49. The molecule has 4 aliphatic carbocycles. The fourth-order valence-electron chi connectivity index (χ4n) is 11.1. The van der Waals surface area contributed by atoms with Crippen molar-refractivity contribution in [1.82, 2.24) is 5.32 Å². The second-order valence-electron chi connectivity index (χ2n) is 17.9. The maximum absolute atomic E-state index is 17.9. The van der Waals surface area contributed by atoms with E-state index in [1.54, 1.807) is 44.2 Å². The highest BCUT2D eigenvalue weighted by atomic mass is 79.9. The maximum atomic E-state index is 17.9. The average Bonchev–Trinajstić information content (AvgIpc) is 3.74. The van der Waals surface area contributed by atoms with Gasteiger partial charge in [-0.3, -0.25) is 33.3 Å². The monoisotopic (exact) mass is 972 g/mol. The minimum absolute atomic E-state index is 0.000652. The minimum atomic E-state index is -5.11. The zero-order valence-corrected chi connectivity index (χ0v) is 37.6. The lowest BCUT2D eigenvalue weighted by Crippen LogP contribution is -2.69. The van der Waals surface area contributed by atoms with E-state index in [2.05, 4.69) is 26.6 Å². The molecule has 1 aliphatic heterocycles. The third-order valence-corrected chi connectivity index (χ3v) is 15.1. The van der Waals surface area contributed by atoms with E-state index in [1.807, 2.05) is 18.2 Å². The summed E-state index contributed by atoms with van der Waals surface area (Å²) < 4.78 is 47.5. The Labute approximate surface area is 376 Å². The third kappa shape index (κ3) is 8.87. The number of ether oxygens (including phenoxy) is 2. The van der Waals surface area contributed by atoms with Gasteiger partial charge in [-0.25, -0.2) is 8.96 Å². The topological polar surface area (TPSA) is 252 Å². The van der Waals surface area contributed by atoms with E-state index in [9.17, 15) is 53.3 Å². The smallest absolute Gasteiger partial charge is 0.470 e. The summed E-state index contributed by atoms with van der Waals surface area (Å²) in [6.07, 6.45) is 0.821. The quantitative estimate of drug-likeness (QED) is 0.0904. The van der Waals surface area contributed by atoms with Gasteiger partial charge in [0, 0.05) is 46.8 Å². The Kier molecular flexibility index (Phi) is 13.6. The molecule has 6 N–H and O–H groups in total. The van der Waals surface area contributed by atoms with Crippen LogP contribution >= 0.6 is 23.8 Å². The van der Waals surface area contributed by atoms with Crippen molar-refractivity contribution in [2.24, 2.45) is 28.6 Å². The largest absolute Gasteiger partial charge is 0.481 e. The highest BCUT2D eigenvalue weighted by Gasteiger charge is 2.79. The number of carboxylic acid groups (broad SMARTS) is 1. The molecule has 19 heteroatoms. The number of hydrogen-bond donors (Lipinski definition) is 6. The van der Waals surface area contributed by atoms with Crippen LogP contribution in [-0.2, 0) is 53.8 Å². The first kappa shape index (κ1) is 47.7. The highest BCUT2D eigenvalue weighted by molar-refractivity contribution is 9.09. The van der Waals surface area contributed by atoms with Crippen molar-refractivity contribution in [2.75, 3.05) is 23.8 Å². The number of halogens is 2. The Morgan fingerprint density at radius 3 is 2.48 bits per heavy atom. The van der Waals surface area contributed by atoms with Gasteiger partial charge in [0.05, 0.1) is 24.1 Å². The molecular weight excluding hydrogens is 922 g/mol. The van der Waals surface area contributed by atoms with E-state index < -0.39 is 102 Å². The number of phosphoric acid groups is 1. The molecule has 1 saturated heterocycles. The van der Waals surface area contributed by atoms with Crippen LogP contribution in [0.1, 0.15) is 81.8 Å². The van der Waals surface area contributed by atoms with E-state index in [0.717, 1.165) is 11.1 Å². The average molecular weight is 974 g/mol. The first-order valence-corrected chi connectivity index (χ1v) is 23.7. The lowest BCUT2D eigenvalue weighted by molar-refractivity contribution is -0.231. The minimum Gasteiger partial charge on any atom is -0.481 e. The molecule has 3 saturated carbocycles. The van der Waals surface area contributed by atoms with Crippen molar-refractivity contribution in [3.63, 3.8) is 0 Å². The molecule has 4 fully saturated rings. The number of aliphatic carboxylic acids is 1. The van der Waals surface area contributed by atoms with Crippen LogP contribution in [0.4, 0.5) is 10.1 Å². The lowest BCUT2D eigenvalue weighted by Gasteiger charge is -2.62. The molecule has 10 atom stereocenters. The van der Waals surface area contributed by atoms with Crippen molar-refractivity contribution in [3.8, 4) is 0 Å². The predicted octanol–water partition coefficient (Wildman–Crippen LogP) is 4.98. The molecular formula is C45H51BrFN2O14P. The van der Waals surface area contributed by atoms with Crippen molar-refractivity contribution in [1.29, 1.82) is 0 Å². The fourth-order valence-corrected chi connectivity index (χ4v) is 11.6. The summed E-state index contributed by atoms with van der Waals surface area (Å²) in [6.45, 7) is 2.10. The number of nitrogens with one attached hydrogen (secondary N) is 2. The number of allylic oxidation sites excluding steroid dienone is 4. The van der Waals surface area contributed by atoms with Crippen LogP contribution < -0.4 is 10.6 Å². The Bertz CT molecular complexity index is 2340. The number of amides is 2. The number of phosphoric ester groups is 1. The number of Topliss-reactive ketones (excluding diaryl/α,β-unsaturated/α-hetero) is 2. The van der Waals surface area contributed by atoms with E-state index in [1.165, 1.54) is 18.2 Å². The maximum Gasteiger partial charge on any atom is 0.470 e. The van der Waals surface area contributed by atoms with Crippen molar-refractivity contribution >= 4 is 64.6 Å². The molecule has 0 spiro atoms. The second-order valence-corrected chi connectivity index (χ2v) is 19.7. The molecule has 5 aliphatic rings. The van der Waals surface area contributed by atoms with Gasteiger partial charge in [-0.05, 0) is 86.8 Å². The van der Waals surface area contributed by atoms with Crippen LogP contribution in [0.2, 0.25) is 0 Å². The summed E-state index contributed by atoms with van der Waals surface area (Å²) >= 11 is 3.00. The SMILES string of the molecule is C[C@]12C=CC(=O)C=C1CC[C@H]1[C@@H]3C[C@H]4O[C@@H](c5ccc(Cc6cccc(NC(=O)[C@H](CCC(=O)O)CC(=O)CNC(=O)CBr)c6)cc5)O[C@@]4(C(=O)COP(=O)(O)O)[C@@]3(C)C[C@H](O)[C@@]12F. The van der Waals surface area contributed by atoms with E-state index in [-0.39, 0.29) is 56.2 Å². The zero-order chi connectivity index (χ0) is 46.4. The summed E-state index contributed by atoms with van der Waals surface area (Å²) in [7, 11) is -5.11.